The summed E-state index contributed by atoms with van der Waals surface area (Å²) in [4.78, 5) is 23.2. The molecule has 0 bridgehead atoms. The largest absolute Gasteiger partial charge is 0.390 e. The lowest BCUT2D eigenvalue weighted by Crippen LogP contribution is -2.19. The van der Waals surface area contributed by atoms with E-state index in [0.29, 0.717) is 0 Å². The summed E-state index contributed by atoms with van der Waals surface area (Å²) in [5.41, 5.74) is 5.06. The Morgan fingerprint density at radius 2 is 1.86 bits per heavy atom. The fraction of sp³-hybridized carbons (Fsp3) is 0.520. The Balaban J connectivity index is 2.65. The standard InChI is InChI=1S/C25H36O3/c1-7-8-14-23(26)28-24(27)18-20(3)12-9-11-19(2)15-16-22-21(4)13-10-17-25(22,5)6/h9,11-12,15-16,18H,7-8,10,13-14,17H2,1-6H3/b12-9+,16-15+,19-11+,20-18+. The van der Waals surface area contributed by atoms with Gasteiger partial charge in [-0.1, -0.05) is 68.7 Å². The second-order valence-corrected chi connectivity index (χ2v) is 8.32. The molecule has 3 heteroatoms. The van der Waals surface area contributed by atoms with E-state index < -0.39 is 11.9 Å². The van der Waals surface area contributed by atoms with E-state index in [-0.39, 0.29) is 11.8 Å². The smallest absolute Gasteiger partial charge is 0.338 e. The topological polar surface area (TPSA) is 43.4 Å². The highest BCUT2D eigenvalue weighted by atomic mass is 16.6. The highest BCUT2D eigenvalue weighted by Crippen LogP contribution is 2.40. The van der Waals surface area contributed by atoms with Crippen LogP contribution in [-0.4, -0.2) is 11.9 Å². The fourth-order valence-corrected chi connectivity index (χ4v) is 3.38. The lowest BCUT2D eigenvalue weighted by Gasteiger charge is -2.32. The van der Waals surface area contributed by atoms with E-state index in [0.717, 1.165) is 24.0 Å². The number of rotatable bonds is 8. The third kappa shape index (κ3) is 8.69. The Morgan fingerprint density at radius 1 is 1.14 bits per heavy atom. The van der Waals surface area contributed by atoms with E-state index in [1.54, 1.807) is 0 Å². The molecule has 1 rings (SSSR count). The average Bonchev–Trinajstić information content (AvgIpc) is 2.58. The molecule has 28 heavy (non-hydrogen) atoms. The first-order chi connectivity index (χ1) is 13.2. The van der Waals surface area contributed by atoms with Gasteiger partial charge in [-0.3, -0.25) is 4.79 Å². The van der Waals surface area contributed by atoms with Crippen molar-refractivity contribution in [3.63, 3.8) is 0 Å². The molecule has 0 unspecified atom stereocenters. The van der Waals surface area contributed by atoms with Crippen molar-refractivity contribution in [3.8, 4) is 0 Å². The van der Waals surface area contributed by atoms with Crippen LogP contribution >= 0.6 is 0 Å². The highest BCUT2D eigenvalue weighted by Gasteiger charge is 2.26. The predicted molar refractivity (Wildman–Crippen MR) is 117 cm³/mol. The van der Waals surface area contributed by atoms with Gasteiger partial charge >= 0.3 is 11.9 Å². The summed E-state index contributed by atoms with van der Waals surface area (Å²) in [5.74, 6) is -1.07. The van der Waals surface area contributed by atoms with Gasteiger partial charge < -0.3 is 4.74 Å². The first-order valence-corrected chi connectivity index (χ1v) is 10.3. The molecule has 0 spiro atoms. The maximum Gasteiger partial charge on any atom is 0.338 e. The van der Waals surface area contributed by atoms with Gasteiger partial charge in [-0.25, -0.2) is 4.79 Å². The van der Waals surface area contributed by atoms with Gasteiger partial charge in [0.25, 0.3) is 0 Å². The van der Waals surface area contributed by atoms with Crippen LogP contribution in [0.25, 0.3) is 0 Å². The van der Waals surface area contributed by atoms with Gasteiger partial charge in [0.2, 0.25) is 0 Å². The molecule has 0 fully saturated rings. The summed E-state index contributed by atoms with van der Waals surface area (Å²) in [6.45, 7) is 12.7. The van der Waals surface area contributed by atoms with Crippen molar-refractivity contribution < 1.29 is 14.3 Å². The Labute approximate surface area is 170 Å². The maximum absolute atomic E-state index is 11.7. The van der Waals surface area contributed by atoms with Crippen LogP contribution in [0.5, 0.6) is 0 Å². The van der Waals surface area contributed by atoms with Crippen molar-refractivity contribution in [2.75, 3.05) is 0 Å². The maximum atomic E-state index is 11.7. The van der Waals surface area contributed by atoms with Crippen LogP contribution in [0.3, 0.4) is 0 Å². The third-order valence-corrected chi connectivity index (χ3v) is 5.07. The first kappa shape index (κ1) is 23.9. The number of carbonyl (C=O) groups is 2. The zero-order chi connectivity index (χ0) is 21.2. The summed E-state index contributed by atoms with van der Waals surface area (Å²) < 4.78 is 4.77. The third-order valence-electron chi connectivity index (χ3n) is 5.07. The molecule has 0 heterocycles. The van der Waals surface area contributed by atoms with Gasteiger partial charge in [-0.15, -0.1) is 0 Å². The molecule has 1 aliphatic rings. The van der Waals surface area contributed by atoms with Crippen molar-refractivity contribution in [2.45, 2.75) is 80.1 Å². The zero-order valence-corrected chi connectivity index (χ0v) is 18.4. The minimum absolute atomic E-state index is 0.239. The van der Waals surface area contributed by atoms with Crippen LogP contribution in [0.4, 0.5) is 0 Å². The minimum Gasteiger partial charge on any atom is -0.390 e. The molecule has 0 N–H and O–H groups in total. The molecular formula is C25H36O3. The monoisotopic (exact) mass is 384 g/mol. The van der Waals surface area contributed by atoms with Gasteiger partial charge in [-0.2, -0.15) is 0 Å². The van der Waals surface area contributed by atoms with Gasteiger partial charge in [0.15, 0.2) is 0 Å². The summed E-state index contributed by atoms with van der Waals surface area (Å²) in [5, 5.41) is 0. The summed E-state index contributed by atoms with van der Waals surface area (Å²) in [7, 11) is 0. The zero-order valence-electron chi connectivity index (χ0n) is 18.4. The fourth-order valence-electron chi connectivity index (χ4n) is 3.38. The minimum atomic E-state index is -0.606. The quantitative estimate of drug-likeness (QED) is 0.200. The normalized spacial score (nSPS) is 18.2. The predicted octanol–water partition coefficient (Wildman–Crippen LogP) is 6.78. The number of allylic oxidation sites excluding steroid dienone is 9. The molecule has 0 aromatic carbocycles. The Bertz CT molecular complexity index is 712. The number of carbonyl (C=O) groups excluding carboxylic acids is 2. The molecule has 0 aromatic heterocycles. The van der Waals surface area contributed by atoms with Crippen LogP contribution in [0, 0.1) is 5.41 Å². The van der Waals surface area contributed by atoms with Crippen molar-refractivity contribution >= 4 is 11.9 Å². The molecule has 0 atom stereocenters. The molecular weight excluding hydrogens is 348 g/mol. The molecule has 0 aromatic rings. The lowest BCUT2D eigenvalue weighted by molar-refractivity contribution is -0.156. The van der Waals surface area contributed by atoms with E-state index in [2.05, 4.69) is 39.8 Å². The number of hydrogen-bond donors (Lipinski definition) is 0. The second kappa shape index (κ2) is 11.6. The number of unbranched alkanes of at least 4 members (excludes halogenated alkanes) is 1. The van der Waals surface area contributed by atoms with Crippen molar-refractivity contribution in [1.29, 1.82) is 0 Å². The molecule has 0 amide bonds. The van der Waals surface area contributed by atoms with Crippen LogP contribution in [0.1, 0.15) is 80.1 Å². The van der Waals surface area contributed by atoms with Crippen LogP contribution in [-0.2, 0) is 14.3 Å². The van der Waals surface area contributed by atoms with Gasteiger partial charge in [0.05, 0.1) is 0 Å². The molecule has 3 nitrogen and oxygen atoms in total. The van der Waals surface area contributed by atoms with Gasteiger partial charge in [0, 0.05) is 12.5 Å². The SMILES string of the molecule is CCCCC(=O)OC(=O)/C=C(C)/C=C/C=C(C)/C=C/C1=C(C)CCCC1(C)C. The molecule has 0 saturated carbocycles. The van der Waals surface area contributed by atoms with Crippen molar-refractivity contribution in [1.82, 2.24) is 0 Å². The summed E-state index contributed by atoms with van der Waals surface area (Å²) in [6.07, 6.45) is 17.1. The molecule has 154 valence electrons. The van der Waals surface area contributed by atoms with Crippen LogP contribution in [0.2, 0.25) is 0 Å². The molecule has 0 radical (unpaired) electrons. The Kier molecular flexibility index (Phi) is 9.92. The molecule has 0 aliphatic heterocycles. The van der Waals surface area contributed by atoms with Crippen molar-refractivity contribution in [3.05, 3.63) is 58.7 Å². The van der Waals surface area contributed by atoms with E-state index in [4.69, 9.17) is 4.74 Å². The molecule has 1 aliphatic carbocycles. The van der Waals surface area contributed by atoms with E-state index in [1.165, 1.54) is 36.5 Å². The highest BCUT2D eigenvalue weighted by molar-refractivity contribution is 5.92. The Hall–Kier alpha value is -2.16. The van der Waals surface area contributed by atoms with Crippen LogP contribution < -0.4 is 0 Å². The number of esters is 2. The van der Waals surface area contributed by atoms with Gasteiger partial charge in [0.1, 0.15) is 0 Å². The number of ether oxygens (including phenoxy) is 1. The van der Waals surface area contributed by atoms with E-state index in [9.17, 15) is 9.59 Å². The first-order valence-electron chi connectivity index (χ1n) is 10.3. The van der Waals surface area contributed by atoms with Crippen LogP contribution in [0.15, 0.2) is 58.7 Å². The average molecular weight is 385 g/mol. The van der Waals surface area contributed by atoms with E-state index in [1.807, 2.05) is 32.1 Å². The van der Waals surface area contributed by atoms with E-state index >= 15 is 0 Å². The summed E-state index contributed by atoms with van der Waals surface area (Å²) in [6, 6.07) is 0. The number of hydrogen-bond acceptors (Lipinski definition) is 3. The lowest BCUT2D eigenvalue weighted by atomic mass is 9.72. The molecule has 0 saturated heterocycles. The Morgan fingerprint density at radius 3 is 2.50 bits per heavy atom. The second-order valence-electron chi connectivity index (χ2n) is 8.32. The van der Waals surface area contributed by atoms with Gasteiger partial charge in [-0.05, 0) is 63.0 Å². The van der Waals surface area contributed by atoms with Crippen molar-refractivity contribution in [2.24, 2.45) is 5.41 Å². The summed E-state index contributed by atoms with van der Waals surface area (Å²) >= 11 is 0.